The zero-order valence-electron chi connectivity index (χ0n) is 30.7. The van der Waals surface area contributed by atoms with Gasteiger partial charge in [0.05, 0.1) is 12.1 Å². The molecule has 7 atom stereocenters. The third kappa shape index (κ3) is 14.8. The number of nitrogens with two attached hydrogens (primary N) is 1. The highest BCUT2D eigenvalue weighted by molar-refractivity contribution is 7.80. The average molecular weight is 793 g/mol. The molecule has 5 amide bonds. The van der Waals surface area contributed by atoms with E-state index in [9.17, 15) is 48.9 Å². The summed E-state index contributed by atoms with van der Waals surface area (Å²) in [5.74, 6) is -7.32. The van der Waals surface area contributed by atoms with E-state index in [1.165, 1.54) is 6.92 Å². The molecule has 0 aromatic heterocycles. The Hall–Kier alpha value is -5.78. The van der Waals surface area contributed by atoms with Crippen LogP contribution in [0.15, 0.2) is 91.0 Å². The summed E-state index contributed by atoms with van der Waals surface area (Å²) >= 11 is 3.97. The SMILES string of the molecule is C[C@@H](O)[C@H](NC(=O)[C@@H](N)Cc1ccccc1)C(=O)N[C@@H](Cc1ccccc1)C(=O)N[C@@H](CCC(=O)O)C(=O)N[C@@H](Cc1ccccc1)C(=O)N[C@@H](CS)C(=O)O. The van der Waals surface area contributed by atoms with E-state index in [1.807, 2.05) is 0 Å². The number of carboxylic acids is 2. The van der Waals surface area contributed by atoms with Crippen molar-refractivity contribution in [2.45, 2.75) is 81.4 Å². The lowest BCUT2D eigenvalue weighted by molar-refractivity contribution is -0.141. The highest BCUT2D eigenvalue weighted by atomic mass is 32.1. The maximum Gasteiger partial charge on any atom is 0.327 e. The standard InChI is InChI=1S/C39H48N6O10S/c1-23(46)33(45-34(49)27(40)19-24-11-5-2-6-12-24)38(53)43-30(21-26-15-9-4-10-16-26)36(51)41-28(17-18-32(47)48)35(50)42-29(20-25-13-7-3-8-14-25)37(52)44-31(22-56)39(54)55/h2-16,23,27-31,33,46,56H,17-22,40H2,1H3,(H,41,51)(H,42,50)(H,43,53)(H,44,52)(H,45,49)(H,47,48)(H,54,55)/t23-,27+,28+,29+,30+,31+,33+/m1/s1. The van der Waals surface area contributed by atoms with Crippen LogP contribution in [0.1, 0.15) is 36.5 Å². The summed E-state index contributed by atoms with van der Waals surface area (Å²) in [6.07, 6.45) is -2.52. The van der Waals surface area contributed by atoms with Gasteiger partial charge in [-0.25, -0.2) is 4.79 Å². The highest BCUT2D eigenvalue weighted by Gasteiger charge is 2.34. The largest absolute Gasteiger partial charge is 0.481 e. The van der Waals surface area contributed by atoms with Crippen molar-refractivity contribution in [1.29, 1.82) is 0 Å². The topological polar surface area (TPSA) is 266 Å². The molecule has 3 aromatic rings. The van der Waals surface area contributed by atoms with Crippen LogP contribution >= 0.6 is 12.6 Å². The second-order valence-electron chi connectivity index (χ2n) is 13.1. The second kappa shape index (κ2) is 22.6. The van der Waals surface area contributed by atoms with Crippen LogP contribution in [0, 0.1) is 0 Å². The normalized spacial score (nSPS) is 14.6. The van der Waals surface area contributed by atoms with Gasteiger partial charge in [-0.2, -0.15) is 12.6 Å². The number of carboxylic acid groups (broad SMARTS) is 2. The molecule has 0 saturated carbocycles. The van der Waals surface area contributed by atoms with Gasteiger partial charge in [0.1, 0.15) is 30.2 Å². The van der Waals surface area contributed by atoms with Gasteiger partial charge >= 0.3 is 11.9 Å². The predicted molar refractivity (Wildman–Crippen MR) is 208 cm³/mol. The van der Waals surface area contributed by atoms with Gasteiger partial charge in [0.15, 0.2) is 0 Å². The molecule has 0 fully saturated rings. The van der Waals surface area contributed by atoms with Gasteiger partial charge in [-0.1, -0.05) is 91.0 Å². The Labute approximate surface area is 329 Å². The molecule has 10 N–H and O–H groups in total. The lowest BCUT2D eigenvalue weighted by Gasteiger charge is -2.28. The number of thiol groups is 1. The van der Waals surface area contributed by atoms with Crippen molar-refractivity contribution in [2.75, 3.05) is 5.75 Å². The monoisotopic (exact) mass is 792 g/mol. The maximum absolute atomic E-state index is 14.0. The number of benzene rings is 3. The van der Waals surface area contributed by atoms with Crippen molar-refractivity contribution in [3.05, 3.63) is 108 Å². The van der Waals surface area contributed by atoms with Gasteiger partial charge in [0.25, 0.3) is 0 Å². The quantitative estimate of drug-likeness (QED) is 0.0592. The van der Waals surface area contributed by atoms with E-state index in [4.69, 9.17) is 5.73 Å². The lowest BCUT2D eigenvalue weighted by atomic mass is 10.0. The van der Waals surface area contributed by atoms with Crippen LogP contribution in [0.2, 0.25) is 0 Å². The Kier molecular flexibility index (Phi) is 18.0. The van der Waals surface area contributed by atoms with Crippen LogP contribution in [-0.4, -0.2) is 105 Å². The fourth-order valence-corrected chi connectivity index (χ4v) is 5.79. The first-order chi connectivity index (χ1) is 26.7. The number of amides is 5. The molecule has 16 nitrogen and oxygen atoms in total. The van der Waals surface area contributed by atoms with Crippen LogP contribution < -0.4 is 32.3 Å². The van der Waals surface area contributed by atoms with Crippen LogP contribution in [-0.2, 0) is 52.8 Å². The molecule has 0 aliphatic carbocycles. The minimum Gasteiger partial charge on any atom is -0.481 e. The highest BCUT2D eigenvalue weighted by Crippen LogP contribution is 2.10. The number of nitrogens with one attached hydrogen (secondary N) is 5. The molecular formula is C39H48N6O10S. The molecule has 0 unspecified atom stereocenters. The summed E-state index contributed by atoms with van der Waals surface area (Å²) in [4.78, 5) is 91.0. The molecule has 3 rings (SSSR count). The third-order valence-corrected chi connectivity index (χ3v) is 8.97. The molecule has 0 aliphatic rings. The number of aliphatic hydroxyl groups is 1. The molecule has 17 heteroatoms. The predicted octanol–water partition coefficient (Wildman–Crippen LogP) is -0.274. The Morgan fingerprint density at radius 2 is 0.964 bits per heavy atom. The first-order valence-electron chi connectivity index (χ1n) is 17.8. The van der Waals surface area contributed by atoms with E-state index >= 15 is 0 Å². The summed E-state index contributed by atoms with van der Waals surface area (Å²) in [6, 6.07) is 17.5. The number of aliphatic carboxylic acids is 2. The van der Waals surface area contributed by atoms with Gasteiger partial charge in [-0.05, 0) is 36.5 Å². The van der Waals surface area contributed by atoms with Gasteiger partial charge in [-0.3, -0.25) is 28.8 Å². The van der Waals surface area contributed by atoms with E-state index in [-0.39, 0.29) is 25.0 Å². The maximum atomic E-state index is 14.0. The van der Waals surface area contributed by atoms with E-state index in [0.717, 1.165) is 5.56 Å². The van der Waals surface area contributed by atoms with Gasteiger partial charge < -0.3 is 47.6 Å². The van der Waals surface area contributed by atoms with Crippen molar-refractivity contribution < 1.29 is 48.9 Å². The number of carbonyl (C=O) groups is 7. The van der Waals surface area contributed by atoms with Crippen LogP contribution in [0.25, 0.3) is 0 Å². The molecular weight excluding hydrogens is 745 g/mol. The number of hydrogen-bond donors (Lipinski definition) is 10. The zero-order valence-corrected chi connectivity index (χ0v) is 31.6. The van der Waals surface area contributed by atoms with E-state index in [0.29, 0.717) is 11.1 Å². The Morgan fingerprint density at radius 1 is 0.571 bits per heavy atom. The van der Waals surface area contributed by atoms with Gasteiger partial charge in [0, 0.05) is 25.0 Å². The van der Waals surface area contributed by atoms with Crippen LogP contribution in [0.5, 0.6) is 0 Å². The first kappa shape index (κ1) is 44.6. The molecule has 0 aliphatic heterocycles. The Bertz CT molecular complexity index is 1780. The summed E-state index contributed by atoms with van der Waals surface area (Å²) in [5, 5.41) is 41.8. The van der Waals surface area contributed by atoms with Gasteiger partial charge in [-0.15, -0.1) is 0 Å². The van der Waals surface area contributed by atoms with E-state index in [2.05, 4.69) is 39.2 Å². The molecule has 0 heterocycles. The van der Waals surface area contributed by atoms with Crippen molar-refractivity contribution in [1.82, 2.24) is 26.6 Å². The molecule has 0 radical (unpaired) electrons. The number of hydrogen-bond acceptors (Lipinski definition) is 10. The number of rotatable bonds is 22. The molecule has 56 heavy (non-hydrogen) atoms. The molecule has 0 spiro atoms. The summed E-state index contributed by atoms with van der Waals surface area (Å²) < 4.78 is 0. The summed E-state index contributed by atoms with van der Waals surface area (Å²) in [7, 11) is 0. The zero-order chi connectivity index (χ0) is 41.2. The minimum atomic E-state index is -1.55. The smallest absolute Gasteiger partial charge is 0.327 e. The summed E-state index contributed by atoms with van der Waals surface area (Å²) in [5.41, 5.74) is 8.05. The Morgan fingerprint density at radius 3 is 1.38 bits per heavy atom. The molecule has 0 saturated heterocycles. The molecule has 300 valence electrons. The van der Waals surface area contributed by atoms with Crippen molar-refractivity contribution in [3.8, 4) is 0 Å². The fraction of sp³-hybridized carbons (Fsp3) is 0.359. The van der Waals surface area contributed by atoms with E-state index in [1.54, 1.807) is 91.0 Å². The number of carbonyl (C=O) groups excluding carboxylic acids is 5. The minimum absolute atomic E-state index is 0.0922. The fourth-order valence-electron chi connectivity index (χ4n) is 5.54. The lowest BCUT2D eigenvalue weighted by Crippen LogP contribution is -2.61. The molecule has 0 bridgehead atoms. The second-order valence-corrected chi connectivity index (χ2v) is 13.5. The van der Waals surface area contributed by atoms with Crippen LogP contribution in [0.4, 0.5) is 0 Å². The van der Waals surface area contributed by atoms with Crippen molar-refractivity contribution >= 4 is 54.1 Å². The summed E-state index contributed by atoms with van der Waals surface area (Å²) in [6.45, 7) is 1.27. The van der Waals surface area contributed by atoms with Crippen molar-refractivity contribution in [2.24, 2.45) is 5.73 Å². The van der Waals surface area contributed by atoms with E-state index < -0.39 is 96.7 Å². The van der Waals surface area contributed by atoms with Crippen molar-refractivity contribution in [3.63, 3.8) is 0 Å². The van der Waals surface area contributed by atoms with Crippen LogP contribution in [0.3, 0.4) is 0 Å². The number of aliphatic hydroxyl groups excluding tert-OH is 1. The molecule has 3 aromatic carbocycles. The third-order valence-electron chi connectivity index (χ3n) is 8.61. The first-order valence-corrected chi connectivity index (χ1v) is 18.4. The Balaban J connectivity index is 1.86. The van der Waals surface area contributed by atoms with Gasteiger partial charge in [0.2, 0.25) is 29.5 Å². The average Bonchev–Trinajstić information content (AvgIpc) is 3.17.